The number of aromatic nitrogens is 2. The first-order valence-corrected chi connectivity index (χ1v) is 8.48. The van der Waals surface area contributed by atoms with E-state index >= 15 is 0 Å². The summed E-state index contributed by atoms with van der Waals surface area (Å²) in [4.78, 5) is 22.9. The Bertz CT molecular complexity index is 710. The Balaban J connectivity index is 1.63. The van der Waals surface area contributed by atoms with Gasteiger partial charge in [0, 0.05) is 18.7 Å². The van der Waals surface area contributed by atoms with Crippen molar-refractivity contribution in [2.75, 3.05) is 25.0 Å². The van der Waals surface area contributed by atoms with E-state index in [1.165, 1.54) is 0 Å². The first kappa shape index (κ1) is 17.4. The lowest BCUT2D eigenvalue weighted by atomic mass is 9.88. The molecule has 0 bridgehead atoms. The number of rotatable bonds is 2. The smallest absolute Gasteiger partial charge is 0.322 e. The predicted octanol–water partition coefficient (Wildman–Crippen LogP) is 3.42. The number of urea groups is 1. The van der Waals surface area contributed by atoms with E-state index in [1.54, 1.807) is 17.3 Å². The van der Waals surface area contributed by atoms with Crippen LogP contribution >= 0.6 is 0 Å². The predicted molar refractivity (Wildman–Crippen MR) is 97.3 cm³/mol. The van der Waals surface area contributed by atoms with Gasteiger partial charge in [-0.2, -0.15) is 0 Å². The summed E-state index contributed by atoms with van der Waals surface area (Å²) in [5, 5.41) is 2.87. The molecule has 1 fully saturated rings. The summed E-state index contributed by atoms with van der Waals surface area (Å²) in [5.74, 6) is 0.637. The number of anilines is 1. The molecule has 1 unspecified atom stereocenters. The summed E-state index contributed by atoms with van der Waals surface area (Å²) < 4.78 is 5.79. The summed E-state index contributed by atoms with van der Waals surface area (Å²) in [7, 11) is 0. The molecule has 1 N–H and O–H groups in total. The van der Waals surface area contributed by atoms with Gasteiger partial charge in [-0.05, 0) is 5.41 Å². The van der Waals surface area contributed by atoms with Crippen molar-refractivity contribution in [3.05, 3.63) is 42.7 Å². The van der Waals surface area contributed by atoms with Crippen molar-refractivity contribution in [3.63, 3.8) is 0 Å². The molecule has 1 atom stereocenters. The fraction of sp³-hybridized carbons (Fsp3) is 0.421. The lowest BCUT2D eigenvalue weighted by Crippen LogP contribution is -2.51. The van der Waals surface area contributed by atoms with Crippen LogP contribution in [-0.2, 0) is 4.74 Å². The Kier molecular flexibility index (Phi) is 4.99. The van der Waals surface area contributed by atoms with Crippen molar-refractivity contribution in [1.82, 2.24) is 14.9 Å². The van der Waals surface area contributed by atoms with Crippen LogP contribution < -0.4 is 5.32 Å². The maximum absolute atomic E-state index is 12.5. The number of ether oxygens (including phenoxy) is 1. The Hall–Kier alpha value is -2.47. The minimum atomic E-state index is -0.145. The van der Waals surface area contributed by atoms with Gasteiger partial charge in [0.2, 0.25) is 0 Å². The molecule has 0 spiro atoms. The van der Waals surface area contributed by atoms with Crippen LogP contribution in [0.25, 0.3) is 11.4 Å². The number of benzene rings is 1. The summed E-state index contributed by atoms with van der Waals surface area (Å²) >= 11 is 0. The van der Waals surface area contributed by atoms with E-state index in [1.807, 2.05) is 30.3 Å². The van der Waals surface area contributed by atoms with E-state index in [4.69, 9.17) is 4.74 Å². The molecule has 0 saturated carbocycles. The van der Waals surface area contributed by atoms with E-state index in [2.05, 4.69) is 36.1 Å². The number of hydrogen-bond acceptors (Lipinski definition) is 4. The molecule has 132 valence electrons. The fourth-order valence-corrected chi connectivity index (χ4v) is 2.69. The standard InChI is InChI=1S/C19H24N4O2/c1-19(2,3)16-13-23(9-10-25-16)18(24)22-15-11-20-17(21-12-15)14-7-5-4-6-8-14/h4-8,11-12,16H,9-10,13H2,1-3H3,(H,22,24). The van der Waals surface area contributed by atoms with Crippen LogP contribution in [0.4, 0.5) is 10.5 Å². The quantitative estimate of drug-likeness (QED) is 0.909. The maximum Gasteiger partial charge on any atom is 0.322 e. The number of nitrogens with zero attached hydrogens (tertiary/aromatic N) is 3. The molecule has 1 aromatic carbocycles. The average molecular weight is 340 g/mol. The van der Waals surface area contributed by atoms with Crippen LogP contribution in [0.5, 0.6) is 0 Å². The molecule has 0 radical (unpaired) electrons. The van der Waals surface area contributed by atoms with Gasteiger partial charge in [0.05, 0.1) is 30.8 Å². The highest BCUT2D eigenvalue weighted by atomic mass is 16.5. The van der Waals surface area contributed by atoms with Gasteiger partial charge in [-0.3, -0.25) is 0 Å². The zero-order chi connectivity index (χ0) is 17.9. The third kappa shape index (κ3) is 4.33. The third-order valence-electron chi connectivity index (χ3n) is 4.25. The summed E-state index contributed by atoms with van der Waals surface area (Å²) in [6.45, 7) is 8.08. The zero-order valence-corrected chi connectivity index (χ0v) is 14.9. The zero-order valence-electron chi connectivity index (χ0n) is 14.9. The number of carbonyl (C=O) groups excluding carboxylic acids is 1. The van der Waals surface area contributed by atoms with Gasteiger partial charge in [-0.15, -0.1) is 0 Å². The van der Waals surface area contributed by atoms with Crippen LogP contribution in [-0.4, -0.2) is 46.7 Å². The second-order valence-electron chi connectivity index (χ2n) is 7.26. The van der Waals surface area contributed by atoms with Gasteiger partial charge in [-0.1, -0.05) is 51.1 Å². The maximum atomic E-state index is 12.5. The minimum absolute atomic E-state index is 0.000602. The van der Waals surface area contributed by atoms with Crippen molar-refractivity contribution in [2.24, 2.45) is 5.41 Å². The van der Waals surface area contributed by atoms with Crippen molar-refractivity contribution in [3.8, 4) is 11.4 Å². The molecule has 2 aromatic rings. The lowest BCUT2D eigenvalue weighted by Gasteiger charge is -2.39. The van der Waals surface area contributed by atoms with Crippen LogP contribution in [0, 0.1) is 5.41 Å². The highest BCUT2D eigenvalue weighted by Gasteiger charge is 2.32. The first-order chi connectivity index (χ1) is 11.9. The van der Waals surface area contributed by atoms with Gasteiger partial charge in [0.1, 0.15) is 0 Å². The van der Waals surface area contributed by atoms with E-state index in [9.17, 15) is 4.79 Å². The summed E-state index contributed by atoms with van der Waals surface area (Å²) in [5.41, 5.74) is 1.53. The van der Waals surface area contributed by atoms with Crippen LogP contribution in [0.3, 0.4) is 0 Å². The largest absolute Gasteiger partial charge is 0.374 e. The third-order valence-corrected chi connectivity index (χ3v) is 4.25. The Morgan fingerprint density at radius 1 is 1.20 bits per heavy atom. The minimum Gasteiger partial charge on any atom is -0.374 e. The second-order valence-corrected chi connectivity index (χ2v) is 7.26. The van der Waals surface area contributed by atoms with Gasteiger partial charge in [0.15, 0.2) is 5.82 Å². The van der Waals surface area contributed by atoms with E-state index < -0.39 is 0 Å². The normalized spacial score (nSPS) is 18.0. The SMILES string of the molecule is CC(C)(C)C1CN(C(=O)Nc2cnc(-c3ccccc3)nc2)CCO1. The fourth-order valence-electron chi connectivity index (χ4n) is 2.69. The molecule has 1 aromatic heterocycles. The Labute approximate surface area is 148 Å². The second kappa shape index (κ2) is 7.19. The average Bonchev–Trinajstić information content (AvgIpc) is 2.62. The van der Waals surface area contributed by atoms with Crippen molar-refractivity contribution < 1.29 is 9.53 Å². The van der Waals surface area contributed by atoms with Gasteiger partial charge in [-0.25, -0.2) is 14.8 Å². The molecule has 1 saturated heterocycles. The molecule has 2 heterocycles. The molecule has 6 nitrogen and oxygen atoms in total. The van der Waals surface area contributed by atoms with Crippen LogP contribution in [0.1, 0.15) is 20.8 Å². The lowest BCUT2D eigenvalue weighted by molar-refractivity contribution is -0.0664. The monoisotopic (exact) mass is 340 g/mol. The molecule has 6 heteroatoms. The molecule has 1 aliphatic heterocycles. The molecule has 2 amide bonds. The van der Waals surface area contributed by atoms with E-state index in [0.717, 1.165) is 5.56 Å². The topological polar surface area (TPSA) is 67.4 Å². The molecular formula is C19H24N4O2. The van der Waals surface area contributed by atoms with Gasteiger partial charge in [0.25, 0.3) is 0 Å². The van der Waals surface area contributed by atoms with E-state index in [0.29, 0.717) is 31.2 Å². The number of amides is 2. The Morgan fingerprint density at radius 2 is 1.88 bits per heavy atom. The number of nitrogens with one attached hydrogen (secondary N) is 1. The van der Waals surface area contributed by atoms with Gasteiger partial charge < -0.3 is 15.0 Å². The van der Waals surface area contributed by atoms with Crippen LogP contribution in [0.2, 0.25) is 0 Å². The molecule has 25 heavy (non-hydrogen) atoms. The number of carbonyl (C=O) groups is 1. The van der Waals surface area contributed by atoms with Crippen molar-refractivity contribution >= 4 is 11.7 Å². The number of morpholine rings is 1. The van der Waals surface area contributed by atoms with E-state index in [-0.39, 0.29) is 17.6 Å². The van der Waals surface area contributed by atoms with Gasteiger partial charge >= 0.3 is 6.03 Å². The molecule has 1 aliphatic rings. The Morgan fingerprint density at radius 3 is 2.52 bits per heavy atom. The molecular weight excluding hydrogens is 316 g/mol. The summed E-state index contributed by atoms with van der Waals surface area (Å²) in [6.07, 6.45) is 3.30. The highest BCUT2D eigenvalue weighted by molar-refractivity contribution is 5.89. The van der Waals surface area contributed by atoms with Crippen molar-refractivity contribution in [2.45, 2.75) is 26.9 Å². The number of hydrogen-bond donors (Lipinski definition) is 1. The highest BCUT2D eigenvalue weighted by Crippen LogP contribution is 2.25. The summed E-state index contributed by atoms with van der Waals surface area (Å²) in [6, 6.07) is 9.60. The van der Waals surface area contributed by atoms with Crippen LogP contribution in [0.15, 0.2) is 42.7 Å². The molecule has 0 aliphatic carbocycles. The molecule has 3 rings (SSSR count). The first-order valence-electron chi connectivity index (χ1n) is 8.48. The van der Waals surface area contributed by atoms with Crippen molar-refractivity contribution in [1.29, 1.82) is 0 Å².